The van der Waals surface area contributed by atoms with Crippen LogP contribution < -0.4 is 5.73 Å². The maximum Gasteiger partial charge on any atom is 0.0630 e. The minimum absolute atomic E-state index is 0.299. The van der Waals surface area contributed by atoms with Crippen molar-refractivity contribution < 1.29 is 0 Å². The summed E-state index contributed by atoms with van der Waals surface area (Å²) in [6.07, 6.45) is 14.9. The van der Waals surface area contributed by atoms with Crippen LogP contribution in [0.1, 0.15) is 83.4 Å². The highest BCUT2D eigenvalue weighted by Gasteiger charge is 2.30. The quantitative estimate of drug-likeness (QED) is 0.840. The molecular formula is C18H33N3. The first-order chi connectivity index (χ1) is 10.2. The van der Waals surface area contributed by atoms with Crippen molar-refractivity contribution in [2.75, 3.05) is 6.54 Å². The number of nitrogens with zero attached hydrogens (tertiary/aromatic N) is 2. The Labute approximate surface area is 130 Å². The molecule has 1 aliphatic carbocycles. The highest BCUT2D eigenvalue weighted by molar-refractivity contribution is 5.05. The number of hydrogen-bond acceptors (Lipinski definition) is 2. The normalized spacial score (nSPS) is 19.4. The van der Waals surface area contributed by atoms with E-state index in [1.807, 2.05) is 0 Å². The van der Waals surface area contributed by atoms with Crippen LogP contribution in [0.4, 0.5) is 0 Å². The van der Waals surface area contributed by atoms with E-state index < -0.39 is 0 Å². The molecule has 2 N–H and O–H groups in total. The van der Waals surface area contributed by atoms with Crippen LogP contribution in [0.5, 0.6) is 0 Å². The molecule has 2 rings (SSSR count). The molecule has 120 valence electrons. The topological polar surface area (TPSA) is 43.8 Å². The molecule has 1 aromatic heterocycles. The maximum absolute atomic E-state index is 6.19. The van der Waals surface area contributed by atoms with Gasteiger partial charge < -0.3 is 5.73 Å². The second-order valence-corrected chi connectivity index (χ2v) is 6.91. The molecule has 1 fully saturated rings. The van der Waals surface area contributed by atoms with E-state index in [9.17, 15) is 0 Å². The third kappa shape index (κ3) is 4.32. The molecule has 3 nitrogen and oxygen atoms in total. The van der Waals surface area contributed by atoms with E-state index in [2.05, 4.69) is 30.8 Å². The summed E-state index contributed by atoms with van der Waals surface area (Å²) in [6, 6.07) is 2.76. The smallest absolute Gasteiger partial charge is 0.0630 e. The zero-order valence-corrected chi connectivity index (χ0v) is 14.0. The minimum Gasteiger partial charge on any atom is -0.330 e. The third-order valence-corrected chi connectivity index (χ3v) is 5.38. The Morgan fingerprint density at radius 1 is 1.14 bits per heavy atom. The summed E-state index contributed by atoms with van der Waals surface area (Å²) in [6.45, 7) is 5.29. The van der Waals surface area contributed by atoms with Crippen LogP contribution in [-0.2, 0) is 6.42 Å². The highest BCUT2D eigenvalue weighted by Crippen LogP contribution is 2.36. The minimum atomic E-state index is 0.299. The Bertz CT molecular complexity index is 398. The summed E-state index contributed by atoms with van der Waals surface area (Å²) < 4.78 is 2.17. The van der Waals surface area contributed by atoms with Crippen LogP contribution in [0.25, 0.3) is 0 Å². The van der Waals surface area contributed by atoms with Crippen molar-refractivity contribution in [3.8, 4) is 0 Å². The average molecular weight is 291 g/mol. The van der Waals surface area contributed by atoms with Gasteiger partial charge in [0.05, 0.1) is 11.7 Å². The zero-order valence-electron chi connectivity index (χ0n) is 14.0. The monoisotopic (exact) mass is 291 g/mol. The summed E-state index contributed by atoms with van der Waals surface area (Å²) >= 11 is 0. The van der Waals surface area contributed by atoms with Crippen molar-refractivity contribution in [2.24, 2.45) is 11.1 Å². The van der Waals surface area contributed by atoms with E-state index in [0.717, 1.165) is 25.8 Å². The van der Waals surface area contributed by atoms with Crippen LogP contribution >= 0.6 is 0 Å². The standard InChI is InChI=1S/C18H33N3/c1-3-17(4-2)21-13-10-16(20-21)14-18(15-19)11-8-6-5-7-9-12-18/h10,13,17H,3-9,11-12,14-15,19H2,1-2H3. The Morgan fingerprint density at radius 2 is 1.76 bits per heavy atom. The van der Waals surface area contributed by atoms with E-state index >= 15 is 0 Å². The molecule has 1 aromatic rings. The van der Waals surface area contributed by atoms with E-state index in [1.165, 1.54) is 50.6 Å². The van der Waals surface area contributed by atoms with Crippen LogP contribution in [0, 0.1) is 5.41 Å². The summed E-state index contributed by atoms with van der Waals surface area (Å²) in [4.78, 5) is 0. The average Bonchev–Trinajstić information content (AvgIpc) is 2.92. The molecule has 0 spiro atoms. The van der Waals surface area contributed by atoms with Gasteiger partial charge >= 0.3 is 0 Å². The summed E-state index contributed by atoms with van der Waals surface area (Å²) in [5.74, 6) is 0. The van der Waals surface area contributed by atoms with Gasteiger partial charge in [-0.3, -0.25) is 4.68 Å². The number of rotatable bonds is 6. The molecule has 0 atom stereocenters. The fraction of sp³-hybridized carbons (Fsp3) is 0.833. The lowest BCUT2D eigenvalue weighted by Gasteiger charge is -2.34. The van der Waals surface area contributed by atoms with Gasteiger partial charge in [-0.15, -0.1) is 0 Å². The second kappa shape index (κ2) is 7.98. The van der Waals surface area contributed by atoms with Crippen LogP contribution in [-0.4, -0.2) is 16.3 Å². The molecule has 0 unspecified atom stereocenters. The Hall–Kier alpha value is -0.830. The molecule has 3 heteroatoms. The molecule has 1 heterocycles. The van der Waals surface area contributed by atoms with Crippen LogP contribution in [0.3, 0.4) is 0 Å². The predicted octanol–water partition coefficient (Wildman–Crippen LogP) is 4.48. The van der Waals surface area contributed by atoms with Crippen molar-refractivity contribution >= 4 is 0 Å². The maximum atomic E-state index is 6.19. The lowest BCUT2D eigenvalue weighted by Crippen LogP contribution is -2.33. The molecule has 0 radical (unpaired) electrons. The van der Waals surface area contributed by atoms with Crippen LogP contribution in [0.2, 0.25) is 0 Å². The fourth-order valence-corrected chi connectivity index (χ4v) is 3.83. The van der Waals surface area contributed by atoms with Gasteiger partial charge in [0.25, 0.3) is 0 Å². The molecule has 0 saturated heterocycles. The molecule has 1 saturated carbocycles. The SMILES string of the molecule is CCC(CC)n1ccc(CC2(CN)CCCCCCC2)n1. The predicted molar refractivity (Wildman–Crippen MR) is 89.4 cm³/mol. The van der Waals surface area contributed by atoms with Gasteiger partial charge in [-0.05, 0) is 50.1 Å². The first-order valence-corrected chi connectivity index (χ1v) is 8.97. The van der Waals surface area contributed by atoms with Gasteiger partial charge in [0.2, 0.25) is 0 Å². The Morgan fingerprint density at radius 3 is 2.33 bits per heavy atom. The first-order valence-electron chi connectivity index (χ1n) is 8.97. The summed E-state index contributed by atoms with van der Waals surface area (Å²) in [5, 5.41) is 4.85. The van der Waals surface area contributed by atoms with E-state index in [0.29, 0.717) is 11.5 Å². The molecule has 1 aliphatic rings. The van der Waals surface area contributed by atoms with Crippen molar-refractivity contribution in [3.63, 3.8) is 0 Å². The second-order valence-electron chi connectivity index (χ2n) is 6.91. The Balaban J connectivity index is 2.06. The zero-order chi connectivity index (χ0) is 15.1. The summed E-state index contributed by atoms with van der Waals surface area (Å²) in [7, 11) is 0. The van der Waals surface area contributed by atoms with E-state index in [4.69, 9.17) is 10.8 Å². The van der Waals surface area contributed by atoms with Crippen LogP contribution in [0.15, 0.2) is 12.3 Å². The molecule has 0 aliphatic heterocycles. The number of hydrogen-bond donors (Lipinski definition) is 1. The van der Waals surface area contributed by atoms with Crippen molar-refractivity contribution in [1.29, 1.82) is 0 Å². The first kappa shape index (κ1) is 16.5. The number of nitrogens with two attached hydrogens (primary N) is 1. The lowest BCUT2D eigenvalue weighted by molar-refractivity contribution is 0.214. The summed E-state index contributed by atoms with van der Waals surface area (Å²) in [5.41, 5.74) is 7.73. The van der Waals surface area contributed by atoms with Gasteiger partial charge in [-0.25, -0.2) is 0 Å². The highest BCUT2D eigenvalue weighted by atomic mass is 15.3. The van der Waals surface area contributed by atoms with Crippen molar-refractivity contribution in [1.82, 2.24) is 9.78 Å². The molecule has 0 aromatic carbocycles. The van der Waals surface area contributed by atoms with Crippen molar-refractivity contribution in [2.45, 2.75) is 84.1 Å². The lowest BCUT2D eigenvalue weighted by atomic mass is 9.73. The third-order valence-electron chi connectivity index (χ3n) is 5.38. The van der Waals surface area contributed by atoms with E-state index in [1.54, 1.807) is 0 Å². The fourth-order valence-electron chi connectivity index (χ4n) is 3.83. The van der Waals surface area contributed by atoms with Gasteiger partial charge in [0, 0.05) is 6.20 Å². The molecule has 21 heavy (non-hydrogen) atoms. The number of aromatic nitrogens is 2. The Kier molecular flexibility index (Phi) is 6.28. The molecule has 0 bridgehead atoms. The van der Waals surface area contributed by atoms with Crippen molar-refractivity contribution in [3.05, 3.63) is 18.0 Å². The van der Waals surface area contributed by atoms with Gasteiger partial charge in [-0.1, -0.05) is 46.0 Å². The van der Waals surface area contributed by atoms with Gasteiger partial charge in [0.15, 0.2) is 0 Å². The van der Waals surface area contributed by atoms with E-state index in [-0.39, 0.29) is 0 Å². The molecule has 0 amide bonds. The largest absolute Gasteiger partial charge is 0.330 e. The molecular weight excluding hydrogens is 258 g/mol. The van der Waals surface area contributed by atoms with Gasteiger partial charge in [0.1, 0.15) is 0 Å². The van der Waals surface area contributed by atoms with Gasteiger partial charge in [-0.2, -0.15) is 5.10 Å².